The average Bonchev–Trinajstić information content (AvgIpc) is 3.02. The summed E-state index contributed by atoms with van der Waals surface area (Å²) in [6, 6.07) is 8.66. The van der Waals surface area contributed by atoms with Crippen molar-refractivity contribution in [2.45, 2.75) is 31.6 Å². The van der Waals surface area contributed by atoms with E-state index >= 15 is 0 Å². The lowest BCUT2D eigenvalue weighted by Gasteiger charge is -2.34. The van der Waals surface area contributed by atoms with Gasteiger partial charge in [0.25, 0.3) is 5.91 Å². The molecule has 0 saturated carbocycles. The average molecular weight is 464 g/mol. The number of benzene rings is 2. The maximum atomic E-state index is 13.5. The first-order valence-electron chi connectivity index (χ1n) is 10.5. The van der Waals surface area contributed by atoms with Crippen LogP contribution in [0.3, 0.4) is 0 Å². The lowest BCUT2D eigenvalue weighted by atomic mass is 9.95. The number of halogens is 3. The van der Waals surface area contributed by atoms with Gasteiger partial charge in [-0.15, -0.1) is 0 Å². The Morgan fingerprint density at radius 1 is 1.09 bits per heavy atom. The smallest absolute Gasteiger partial charge is 0.416 e. The highest BCUT2D eigenvalue weighted by molar-refractivity contribution is 5.93. The molecule has 2 aromatic rings. The lowest BCUT2D eigenvalue weighted by Crippen LogP contribution is -2.41. The van der Waals surface area contributed by atoms with E-state index in [0.29, 0.717) is 42.9 Å². The minimum Gasteiger partial charge on any atom is -0.491 e. The van der Waals surface area contributed by atoms with Gasteiger partial charge in [-0.3, -0.25) is 14.8 Å². The molecule has 176 valence electrons. The Morgan fingerprint density at radius 2 is 1.85 bits per heavy atom. The topological polar surface area (TPSA) is 88.1 Å². The van der Waals surface area contributed by atoms with E-state index in [1.807, 2.05) is 0 Å². The quantitative estimate of drug-likeness (QED) is 0.534. The van der Waals surface area contributed by atoms with Crippen molar-refractivity contribution in [1.29, 1.82) is 0 Å². The first-order chi connectivity index (χ1) is 15.8. The summed E-state index contributed by atoms with van der Waals surface area (Å²) in [5, 5.41) is 8.89. The van der Waals surface area contributed by atoms with Crippen molar-refractivity contribution < 1.29 is 37.4 Å². The van der Waals surface area contributed by atoms with E-state index in [-0.39, 0.29) is 30.5 Å². The third-order valence-electron chi connectivity index (χ3n) is 6.00. The predicted octanol–water partition coefficient (Wildman–Crippen LogP) is 3.71. The summed E-state index contributed by atoms with van der Waals surface area (Å²) in [5.41, 5.74) is 1.82. The molecular weight excluding hydrogens is 441 g/mol. The number of carbonyl (C=O) groups is 2. The van der Waals surface area contributed by atoms with Crippen LogP contribution >= 0.6 is 0 Å². The van der Waals surface area contributed by atoms with E-state index in [1.165, 1.54) is 18.2 Å². The van der Waals surface area contributed by atoms with Crippen LogP contribution in [-0.2, 0) is 22.3 Å². The van der Waals surface area contributed by atoms with Crippen molar-refractivity contribution in [2.24, 2.45) is 5.92 Å². The first kappa shape index (κ1) is 23.1. The fourth-order valence-corrected chi connectivity index (χ4v) is 4.19. The van der Waals surface area contributed by atoms with Crippen LogP contribution in [0.15, 0.2) is 42.5 Å². The molecular formula is C23H23F3N2O5. The number of rotatable bonds is 3. The summed E-state index contributed by atoms with van der Waals surface area (Å²) in [4.78, 5) is 26.8. The zero-order valence-electron chi connectivity index (χ0n) is 17.6. The van der Waals surface area contributed by atoms with Crippen molar-refractivity contribution in [3.63, 3.8) is 0 Å². The standard InChI is InChI=1S/C23H23F3N2O5/c24-23(25,26)18-3-1-2-15(10-18)19-13-33-20-11-16(21(29)27-31)4-5-17(20)12-28(19)22(30)14-6-8-32-9-7-14/h1-5,10-11,14,19,31H,6-9,12-13H2,(H,27,29)/t19-/m0/s1. The van der Waals surface area contributed by atoms with Gasteiger partial charge < -0.3 is 14.4 Å². The van der Waals surface area contributed by atoms with Crippen LogP contribution < -0.4 is 10.2 Å². The Kier molecular flexibility index (Phi) is 6.57. The summed E-state index contributed by atoms with van der Waals surface area (Å²) in [6.07, 6.45) is -3.45. The van der Waals surface area contributed by atoms with Crippen molar-refractivity contribution in [2.75, 3.05) is 19.8 Å². The Morgan fingerprint density at radius 3 is 2.55 bits per heavy atom. The highest BCUT2D eigenvalue weighted by Crippen LogP contribution is 2.37. The zero-order chi connectivity index (χ0) is 23.6. The maximum Gasteiger partial charge on any atom is 0.416 e. The SMILES string of the molecule is O=C(NO)c1ccc2c(c1)OC[C@@H](c1cccc(C(F)(F)F)c1)N(C(=O)C1CCOCC1)C2. The Labute approximate surface area is 188 Å². The second-order valence-corrected chi connectivity index (χ2v) is 8.07. The van der Waals surface area contributed by atoms with Gasteiger partial charge in [-0.05, 0) is 42.7 Å². The first-order valence-corrected chi connectivity index (χ1v) is 10.5. The van der Waals surface area contributed by atoms with Crippen LogP contribution in [0.5, 0.6) is 5.75 Å². The second-order valence-electron chi connectivity index (χ2n) is 8.07. The number of carbonyl (C=O) groups excluding carboxylic acids is 2. The van der Waals surface area contributed by atoms with Crippen LogP contribution in [0, 0.1) is 5.92 Å². The van der Waals surface area contributed by atoms with Gasteiger partial charge in [0.1, 0.15) is 12.4 Å². The van der Waals surface area contributed by atoms with Crippen molar-refractivity contribution in [3.8, 4) is 5.75 Å². The number of alkyl halides is 3. The molecule has 2 aliphatic heterocycles. The van der Waals surface area contributed by atoms with E-state index in [0.717, 1.165) is 12.1 Å². The van der Waals surface area contributed by atoms with Gasteiger partial charge in [-0.1, -0.05) is 18.2 Å². The molecule has 2 heterocycles. The number of hydrogen-bond donors (Lipinski definition) is 2. The highest BCUT2D eigenvalue weighted by atomic mass is 19.4. The number of fused-ring (bicyclic) bond motifs is 1. The van der Waals surface area contributed by atoms with Gasteiger partial charge in [0.05, 0.1) is 18.2 Å². The van der Waals surface area contributed by atoms with Gasteiger partial charge in [-0.2, -0.15) is 13.2 Å². The predicted molar refractivity (Wildman–Crippen MR) is 109 cm³/mol. The van der Waals surface area contributed by atoms with Gasteiger partial charge in [-0.25, -0.2) is 5.48 Å². The van der Waals surface area contributed by atoms with E-state index in [9.17, 15) is 22.8 Å². The number of hydroxylamine groups is 1. The third-order valence-corrected chi connectivity index (χ3v) is 6.00. The van der Waals surface area contributed by atoms with Crippen LogP contribution in [0.4, 0.5) is 13.2 Å². The summed E-state index contributed by atoms with van der Waals surface area (Å²) < 4.78 is 51.3. The van der Waals surface area contributed by atoms with Crippen LogP contribution in [0.2, 0.25) is 0 Å². The van der Waals surface area contributed by atoms with E-state index in [2.05, 4.69) is 0 Å². The third kappa shape index (κ3) is 4.96. The summed E-state index contributed by atoms with van der Waals surface area (Å²) in [7, 11) is 0. The number of hydrogen-bond acceptors (Lipinski definition) is 5. The molecule has 2 aliphatic rings. The second kappa shape index (κ2) is 9.40. The van der Waals surface area contributed by atoms with E-state index in [4.69, 9.17) is 14.7 Å². The Bertz CT molecular complexity index is 1040. The lowest BCUT2D eigenvalue weighted by molar-refractivity contribution is -0.142. The molecule has 33 heavy (non-hydrogen) atoms. The van der Waals surface area contributed by atoms with Crippen molar-refractivity contribution >= 4 is 11.8 Å². The van der Waals surface area contributed by atoms with Gasteiger partial charge in [0.2, 0.25) is 5.91 Å². The normalized spacial score (nSPS) is 19.3. The molecule has 4 rings (SSSR count). The van der Waals surface area contributed by atoms with Crippen LogP contribution in [-0.4, -0.2) is 41.7 Å². The summed E-state index contributed by atoms with van der Waals surface area (Å²) in [6.45, 7) is 0.914. The van der Waals surface area contributed by atoms with E-state index < -0.39 is 23.7 Å². The molecule has 0 aromatic heterocycles. The van der Waals surface area contributed by atoms with Crippen molar-refractivity contribution in [1.82, 2.24) is 10.4 Å². The van der Waals surface area contributed by atoms with Gasteiger partial charge in [0.15, 0.2) is 0 Å². The monoisotopic (exact) mass is 464 g/mol. The van der Waals surface area contributed by atoms with Gasteiger partial charge >= 0.3 is 6.18 Å². The van der Waals surface area contributed by atoms with Crippen LogP contribution in [0.1, 0.15) is 45.9 Å². The van der Waals surface area contributed by atoms with E-state index in [1.54, 1.807) is 22.5 Å². The molecule has 0 radical (unpaired) electrons. The molecule has 1 fully saturated rings. The largest absolute Gasteiger partial charge is 0.491 e. The molecule has 0 aliphatic carbocycles. The summed E-state index contributed by atoms with van der Waals surface area (Å²) >= 11 is 0. The molecule has 2 amide bonds. The molecule has 2 aromatic carbocycles. The summed E-state index contributed by atoms with van der Waals surface area (Å²) in [5.74, 6) is -0.868. The number of ether oxygens (including phenoxy) is 2. The molecule has 0 unspecified atom stereocenters. The minimum atomic E-state index is -4.52. The van der Waals surface area contributed by atoms with Crippen LogP contribution in [0.25, 0.3) is 0 Å². The zero-order valence-corrected chi connectivity index (χ0v) is 17.6. The molecule has 0 spiro atoms. The minimum absolute atomic E-state index is 0.0898. The molecule has 10 heteroatoms. The molecule has 2 N–H and O–H groups in total. The number of nitrogens with zero attached hydrogens (tertiary/aromatic N) is 1. The Hall–Kier alpha value is -3.11. The maximum absolute atomic E-state index is 13.5. The number of nitrogens with one attached hydrogen (secondary N) is 1. The molecule has 7 nitrogen and oxygen atoms in total. The molecule has 1 atom stereocenters. The fourth-order valence-electron chi connectivity index (χ4n) is 4.19. The Balaban J connectivity index is 1.72. The number of amides is 2. The fraction of sp³-hybridized carbons (Fsp3) is 0.391. The molecule has 1 saturated heterocycles. The van der Waals surface area contributed by atoms with Gasteiger partial charge in [0, 0.05) is 30.3 Å². The molecule has 0 bridgehead atoms. The van der Waals surface area contributed by atoms with Crippen molar-refractivity contribution in [3.05, 3.63) is 64.7 Å². The highest BCUT2D eigenvalue weighted by Gasteiger charge is 2.36.